The number of hydrogen-bond acceptors (Lipinski definition) is 3. The lowest BCUT2D eigenvalue weighted by Crippen LogP contribution is -2.57. The lowest BCUT2D eigenvalue weighted by atomic mass is 9.86. The van der Waals surface area contributed by atoms with Gasteiger partial charge in [0.15, 0.2) is 0 Å². The summed E-state index contributed by atoms with van der Waals surface area (Å²) in [5.74, 6) is 0. The predicted molar refractivity (Wildman–Crippen MR) is 81.4 cm³/mol. The molecule has 0 atom stereocenters. The van der Waals surface area contributed by atoms with Crippen molar-refractivity contribution >= 4 is 11.6 Å². The van der Waals surface area contributed by atoms with Crippen LogP contribution in [0.25, 0.3) is 0 Å². The molecule has 1 heterocycles. The third-order valence-corrected chi connectivity index (χ3v) is 4.69. The Bertz CT molecular complexity index is 396. The van der Waals surface area contributed by atoms with E-state index >= 15 is 0 Å². The van der Waals surface area contributed by atoms with Gasteiger partial charge in [-0.25, -0.2) is 0 Å². The molecule has 0 spiro atoms. The topological polar surface area (TPSA) is 32.5 Å². The van der Waals surface area contributed by atoms with E-state index in [1.807, 2.05) is 12.1 Å². The molecule has 1 aromatic rings. The summed E-state index contributed by atoms with van der Waals surface area (Å²) in [5.41, 5.74) is 7.52. The van der Waals surface area contributed by atoms with E-state index in [1.54, 1.807) is 0 Å². The number of halogens is 1. The Morgan fingerprint density at radius 1 is 1.26 bits per heavy atom. The van der Waals surface area contributed by atoms with E-state index in [2.05, 4.69) is 36.0 Å². The van der Waals surface area contributed by atoms with Crippen LogP contribution in [0.3, 0.4) is 0 Å². The summed E-state index contributed by atoms with van der Waals surface area (Å²) in [4.78, 5) is 4.80. The molecular weight excluding hydrogens is 258 g/mol. The maximum atomic E-state index is 6.08. The summed E-state index contributed by atoms with van der Waals surface area (Å²) < 4.78 is 0. The average molecular weight is 282 g/mol. The normalized spacial score (nSPS) is 19.8. The zero-order valence-electron chi connectivity index (χ0n) is 11.9. The smallest absolute Gasteiger partial charge is 0.0406 e. The molecule has 19 heavy (non-hydrogen) atoms. The van der Waals surface area contributed by atoms with Crippen LogP contribution in [0.2, 0.25) is 5.02 Å². The van der Waals surface area contributed by atoms with Crippen molar-refractivity contribution in [3.8, 4) is 0 Å². The van der Waals surface area contributed by atoms with Crippen molar-refractivity contribution in [1.82, 2.24) is 9.80 Å². The van der Waals surface area contributed by atoms with Crippen LogP contribution < -0.4 is 5.73 Å². The average Bonchev–Trinajstić information content (AvgIpc) is 2.42. The molecule has 0 unspecified atom stereocenters. The number of likely N-dealkylation sites (tertiary alicyclic amines) is 1. The Balaban J connectivity index is 2.04. The zero-order chi connectivity index (χ0) is 13.9. The number of likely N-dealkylation sites (N-methyl/N-ethyl adjacent to an activating group) is 1. The summed E-state index contributed by atoms with van der Waals surface area (Å²) in [5, 5.41) is 0.791. The Kier molecular flexibility index (Phi) is 4.85. The van der Waals surface area contributed by atoms with Gasteiger partial charge in [-0.2, -0.15) is 0 Å². The maximum Gasteiger partial charge on any atom is 0.0406 e. The van der Waals surface area contributed by atoms with Crippen LogP contribution in [-0.2, 0) is 6.54 Å². The summed E-state index contributed by atoms with van der Waals surface area (Å²) in [6.07, 6.45) is 2.29. The second kappa shape index (κ2) is 6.23. The van der Waals surface area contributed by atoms with Crippen LogP contribution in [0.5, 0.6) is 0 Å². The molecule has 2 rings (SSSR count). The van der Waals surface area contributed by atoms with E-state index < -0.39 is 0 Å². The first-order chi connectivity index (χ1) is 9.05. The van der Waals surface area contributed by atoms with Crippen molar-refractivity contribution in [1.29, 1.82) is 0 Å². The molecule has 1 aliphatic heterocycles. The molecule has 0 aromatic heterocycles. The molecular formula is C15H24ClN3. The fourth-order valence-electron chi connectivity index (χ4n) is 2.81. The van der Waals surface area contributed by atoms with Crippen molar-refractivity contribution < 1.29 is 0 Å². The SMILES string of the molecule is CN1CCC(CN)(N(C)Cc2ccc(Cl)cc2)CC1. The lowest BCUT2D eigenvalue weighted by molar-refractivity contribution is 0.0485. The quantitative estimate of drug-likeness (QED) is 0.918. The van der Waals surface area contributed by atoms with Gasteiger partial charge in [0.05, 0.1) is 0 Å². The number of benzene rings is 1. The summed E-state index contributed by atoms with van der Waals surface area (Å²) in [6.45, 7) is 3.91. The maximum absolute atomic E-state index is 6.08. The van der Waals surface area contributed by atoms with Gasteiger partial charge in [-0.1, -0.05) is 23.7 Å². The van der Waals surface area contributed by atoms with Crippen LogP contribution in [0.4, 0.5) is 0 Å². The summed E-state index contributed by atoms with van der Waals surface area (Å²) >= 11 is 5.93. The number of nitrogens with zero attached hydrogens (tertiary/aromatic N) is 2. The molecule has 1 saturated heterocycles. The first-order valence-electron chi connectivity index (χ1n) is 6.90. The van der Waals surface area contributed by atoms with Crippen molar-refractivity contribution in [2.75, 3.05) is 33.7 Å². The van der Waals surface area contributed by atoms with E-state index in [-0.39, 0.29) is 5.54 Å². The third kappa shape index (κ3) is 3.48. The van der Waals surface area contributed by atoms with Gasteiger partial charge in [0.1, 0.15) is 0 Å². The molecule has 1 fully saturated rings. The minimum Gasteiger partial charge on any atom is -0.329 e. The first-order valence-corrected chi connectivity index (χ1v) is 7.28. The molecule has 1 aromatic carbocycles. The second-order valence-corrected chi connectivity index (χ2v) is 6.15. The summed E-state index contributed by atoms with van der Waals surface area (Å²) in [6, 6.07) is 8.10. The van der Waals surface area contributed by atoms with Crippen LogP contribution in [-0.4, -0.2) is 49.1 Å². The molecule has 106 valence electrons. The van der Waals surface area contributed by atoms with Gasteiger partial charge < -0.3 is 10.6 Å². The highest BCUT2D eigenvalue weighted by molar-refractivity contribution is 6.30. The highest BCUT2D eigenvalue weighted by Gasteiger charge is 2.35. The van der Waals surface area contributed by atoms with Gasteiger partial charge in [0, 0.05) is 23.7 Å². The second-order valence-electron chi connectivity index (χ2n) is 5.71. The lowest BCUT2D eigenvalue weighted by Gasteiger charge is -2.46. The fourth-order valence-corrected chi connectivity index (χ4v) is 2.93. The molecule has 2 N–H and O–H groups in total. The largest absolute Gasteiger partial charge is 0.329 e. The molecule has 0 saturated carbocycles. The van der Waals surface area contributed by atoms with E-state index in [4.69, 9.17) is 17.3 Å². The van der Waals surface area contributed by atoms with Crippen molar-refractivity contribution in [2.45, 2.75) is 24.9 Å². The van der Waals surface area contributed by atoms with Gasteiger partial charge in [0.2, 0.25) is 0 Å². The highest BCUT2D eigenvalue weighted by atomic mass is 35.5. The van der Waals surface area contributed by atoms with E-state index in [0.29, 0.717) is 0 Å². The van der Waals surface area contributed by atoms with Crippen molar-refractivity contribution in [3.05, 3.63) is 34.9 Å². The number of nitrogens with two attached hydrogens (primary N) is 1. The van der Waals surface area contributed by atoms with E-state index in [9.17, 15) is 0 Å². The van der Waals surface area contributed by atoms with E-state index in [0.717, 1.165) is 44.0 Å². The summed E-state index contributed by atoms with van der Waals surface area (Å²) in [7, 11) is 4.37. The van der Waals surface area contributed by atoms with Crippen LogP contribution in [0.15, 0.2) is 24.3 Å². The Morgan fingerprint density at radius 3 is 2.37 bits per heavy atom. The molecule has 0 bridgehead atoms. The molecule has 4 heteroatoms. The van der Waals surface area contributed by atoms with Gasteiger partial charge in [-0.05, 0) is 57.7 Å². The van der Waals surface area contributed by atoms with Gasteiger partial charge in [-0.15, -0.1) is 0 Å². The highest BCUT2D eigenvalue weighted by Crippen LogP contribution is 2.28. The minimum atomic E-state index is 0.145. The molecule has 0 amide bonds. The number of hydrogen-bond donors (Lipinski definition) is 1. The predicted octanol–water partition coefficient (Wildman–Crippen LogP) is 2.19. The van der Waals surface area contributed by atoms with Crippen molar-refractivity contribution in [3.63, 3.8) is 0 Å². The Labute approximate surface area is 121 Å². The van der Waals surface area contributed by atoms with Crippen LogP contribution in [0, 0.1) is 0 Å². The van der Waals surface area contributed by atoms with Gasteiger partial charge in [-0.3, -0.25) is 4.90 Å². The molecule has 3 nitrogen and oxygen atoms in total. The van der Waals surface area contributed by atoms with Crippen LogP contribution in [0.1, 0.15) is 18.4 Å². The first kappa shape index (κ1) is 14.8. The number of rotatable bonds is 4. The van der Waals surface area contributed by atoms with E-state index in [1.165, 1.54) is 5.56 Å². The number of piperidine rings is 1. The minimum absolute atomic E-state index is 0.145. The molecule has 1 aliphatic rings. The van der Waals surface area contributed by atoms with Gasteiger partial charge >= 0.3 is 0 Å². The fraction of sp³-hybridized carbons (Fsp3) is 0.600. The van der Waals surface area contributed by atoms with Gasteiger partial charge in [0.25, 0.3) is 0 Å². The Morgan fingerprint density at radius 2 is 1.84 bits per heavy atom. The molecule has 0 aliphatic carbocycles. The Hall–Kier alpha value is -0.610. The van der Waals surface area contributed by atoms with Crippen LogP contribution >= 0.6 is 11.6 Å². The molecule has 0 radical (unpaired) electrons. The van der Waals surface area contributed by atoms with Crippen molar-refractivity contribution in [2.24, 2.45) is 5.73 Å². The monoisotopic (exact) mass is 281 g/mol. The third-order valence-electron chi connectivity index (χ3n) is 4.44. The zero-order valence-corrected chi connectivity index (χ0v) is 12.7. The standard InChI is InChI=1S/C15H24ClN3/c1-18-9-7-15(12-17,8-10-18)19(2)11-13-3-5-14(16)6-4-13/h3-6H,7-12,17H2,1-2H3.